The highest BCUT2D eigenvalue weighted by Gasteiger charge is 2.10. The molecule has 1 aliphatic rings. The van der Waals surface area contributed by atoms with Crippen LogP contribution in [0.1, 0.15) is 12.0 Å². The van der Waals surface area contributed by atoms with Crippen LogP contribution in [0.2, 0.25) is 0 Å². The van der Waals surface area contributed by atoms with E-state index in [4.69, 9.17) is 17.0 Å². The quantitative estimate of drug-likeness (QED) is 0.821. The predicted octanol–water partition coefficient (Wildman–Crippen LogP) is 3.82. The molecular weight excluding hydrogens is 268 g/mol. The van der Waals surface area contributed by atoms with Crippen LogP contribution in [-0.2, 0) is 6.42 Å². The number of nitrogens with one attached hydrogen (secondary N) is 2. The Morgan fingerprint density at radius 2 is 1.80 bits per heavy atom. The zero-order valence-corrected chi connectivity index (χ0v) is 11.9. The molecule has 0 aromatic heterocycles. The second-order valence-corrected chi connectivity index (χ2v) is 5.13. The highest BCUT2D eigenvalue weighted by molar-refractivity contribution is 7.80. The monoisotopic (exact) mass is 284 g/mol. The number of benzene rings is 2. The maximum Gasteiger partial charge on any atom is 0.175 e. The average molecular weight is 284 g/mol. The van der Waals surface area contributed by atoms with E-state index in [1.54, 1.807) is 0 Å². The zero-order chi connectivity index (χ0) is 13.8. The van der Waals surface area contributed by atoms with Crippen molar-refractivity contribution in [3.8, 4) is 5.75 Å². The summed E-state index contributed by atoms with van der Waals surface area (Å²) >= 11 is 5.32. The lowest BCUT2D eigenvalue weighted by molar-refractivity contribution is 0.288. The largest absolute Gasteiger partial charge is 0.493 e. The molecule has 2 N–H and O–H groups in total. The van der Waals surface area contributed by atoms with Gasteiger partial charge in [-0.3, -0.25) is 0 Å². The molecule has 0 unspecified atom stereocenters. The van der Waals surface area contributed by atoms with Gasteiger partial charge in [0.05, 0.1) is 6.61 Å². The van der Waals surface area contributed by atoms with Crippen molar-refractivity contribution in [2.75, 3.05) is 17.2 Å². The molecule has 1 aliphatic heterocycles. The number of thiocarbonyl (C=S) groups is 1. The first-order valence-electron chi connectivity index (χ1n) is 6.70. The van der Waals surface area contributed by atoms with Crippen LogP contribution >= 0.6 is 12.2 Å². The summed E-state index contributed by atoms with van der Waals surface area (Å²) in [5, 5.41) is 6.96. The number of anilines is 2. The van der Waals surface area contributed by atoms with Gasteiger partial charge in [-0.05, 0) is 61.0 Å². The second kappa shape index (κ2) is 5.92. The van der Waals surface area contributed by atoms with E-state index in [0.29, 0.717) is 5.11 Å². The van der Waals surface area contributed by atoms with Crippen LogP contribution in [0, 0.1) is 0 Å². The maximum absolute atomic E-state index is 5.60. The molecule has 3 rings (SSSR count). The fraction of sp³-hybridized carbons (Fsp3) is 0.188. The molecule has 0 aliphatic carbocycles. The molecule has 2 aromatic rings. The third-order valence-electron chi connectivity index (χ3n) is 3.20. The van der Waals surface area contributed by atoms with Crippen LogP contribution in [0.15, 0.2) is 48.5 Å². The smallest absolute Gasteiger partial charge is 0.175 e. The lowest BCUT2D eigenvalue weighted by Crippen LogP contribution is -2.19. The summed E-state index contributed by atoms with van der Waals surface area (Å²) in [5.74, 6) is 0.990. The summed E-state index contributed by atoms with van der Waals surface area (Å²) in [6.45, 7) is 0.813. The van der Waals surface area contributed by atoms with Gasteiger partial charge in [0.15, 0.2) is 5.11 Å². The molecule has 4 heteroatoms. The summed E-state index contributed by atoms with van der Waals surface area (Å²) in [4.78, 5) is 0. The lowest BCUT2D eigenvalue weighted by atomic mass is 10.1. The van der Waals surface area contributed by atoms with E-state index in [1.165, 1.54) is 5.56 Å². The SMILES string of the molecule is S=C(Nc1ccccc1)Nc1ccc2c(c1)CCCO2. The van der Waals surface area contributed by atoms with Gasteiger partial charge in [-0.25, -0.2) is 0 Å². The summed E-state index contributed by atoms with van der Waals surface area (Å²) in [7, 11) is 0. The van der Waals surface area contributed by atoms with Crippen LogP contribution in [0.3, 0.4) is 0 Å². The first kappa shape index (κ1) is 12.9. The van der Waals surface area contributed by atoms with Crippen LogP contribution in [0.5, 0.6) is 5.75 Å². The Morgan fingerprint density at radius 3 is 2.65 bits per heavy atom. The Kier molecular flexibility index (Phi) is 3.83. The Morgan fingerprint density at radius 1 is 1.00 bits per heavy atom. The van der Waals surface area contributed by atoms with E-state index < -0.39 is 0 Å². The molecule has 0 bridgehead atoms. The van der Waals surface area contributed by atoms with E-state index in [9.17, 15) is 0 Å². The molecule has 0 atom stereocenters. The normalized spacial score (nSPS) is 13.0. The average Bonchev–Trinajstić information content (AvgIpc) is 2.48. The minimum Gasteiger partial charge on any atom is -0.493 e. The highest BCUT2D eigenvalue weighted by Crippen LogP contribution is 2.27. The third kappa shape index (κ3) is 3.08. The van der Waals surface area contributed by atoms with Gasteiger partial charge < -0.3 is 15.4 Å². The zero-order valence-electron chi connectivity index (χ0n) is 11.1. The molecule has 0 radical (unpaired) electrons. The predicted molar refractivity (Wildman–Crippen MR) is 86.5 cm³/mol. The molecule has 0 fully saturated rings. The fourth-order valence-electron chi connectivity index (χ4n) is 2.25. The summed E-state index contributed by atoms with van der Waals surface area (Å²) in [6, 6.07) is 16.0. The number of hydrogen-bond acceptors (Lipinski definition) is 2. The van der Waals surface area contributed by atoms with Gasteiger partial charge in [-0.2, -0.15) is 0 Å². The molecule has 20 heavy (non-hydrogen) atoms. The number of aryl methyl sites for hydroxylation is 1. The summed E-state index contributed by atoms with van der Waals surface area (Å²) < 4.78 is 5.60. The Labute approximate surface area is 124 Å². The van der Waals surface area contributed by atoms with Crippen molar-refractivity contribution in [2.24, 2.45) is 0 Å². The second-order valence-electron chi connectivity index (χ2n) is 4.72. The van der Waals surface area contributed by atoms with Crippen molar-refractivity contribution in [1.82, 2.24) is 0 Å². The molecule has 0 saturated carbocycles. The molecule has 0 spiro atoms. The number of ether oxygens (including phenoxy) is 1. The first-order valence-corrected chi connectivity index (χ1v) is 7.11. The van der Waals surface area contributed by atoms with Gasteiger partial charge >= 0.3 is 0 Å². The molecular formula is C16H16N2OS. The Balaban J connectivity index is 1.67. The van der Waals surface area contributed by atoms with Crippen molar-refractivity contribution < 1.29 is 4.74 Å². The van der Waals surface area contributed by atoms with Crippen molar-refractivity contribution in [2.45, 2.75) is 12.8 Å². The molecule has 3 nitrogen and oxygen atoms in total. The van der Waals surface area contributed by atoms with E-state index in [0.717, 1.165) is 36.6 Å². The topological polar surface area (TPSA) is 33.3 Å². The van der Waals surface area contributed by atoms with Gasteiger partial charge in [0, 0.05) is 11.4 Å². The molecule has 0 amide bonds. The van der Waals surface area contributed by atoms with Crippen molar-refractivity contribution in [3.05, 3.63) is 54.1 Å². The van der Waals surface area contributed by atoms with Crippen molar-refractivity contribution in [3.63, 3.8) is 0 Å². The van der Waals surface area contributed by atoms with Crippen LogP contribution in [0.25, 0.3) is 0 Å². The van der Waals surface area contributed by atoms with E-state index in [1.807, 2.05) is 42.5 Å². The van der Waals surface area contributed by atoms with Crippen LogP contribution < -0.4 is 15.4 Å². The number of rotatable bonds is 2. The number of para-hydroxylation sites is 1. The standard InChI is InChI=1S/C16H16N2OS/c20-16(17-13-6-2-1-3-7-13)18-14-8-9-15-12(11-14)5-4-10-19-15/h1-3,6-9,11H,4-5,10H2,(H2,17,18,20). The van der Waals surface area contributed by atoms with Crippen molar-refractivity contribution in [1.29, 1.82) is 0 Å². The summed E-state index contributed by atoms with van der Waals surface area (Å²) in [5.41, 5.74) is 3.21. The Bertz CT molecular complexity index is 613. The van der Waals surface area contributed by atoms with Gasteiger partial charge in [0.25, 0.3) is 0 Å². The van der Waals surface area contributed by atoms with Crippen LogP contribution in [-0.4, -0.2) is 11.7 Å². The van der Waals surface area contributed by atoms with Crippen molar-refractivity contribution >= 4 is 28.7 Å². The van der Waals surface area contributed by atoms with Gasteiger partial charge in [-0.15, -0.1) is 0 Å². The molecule has 1 heterocycles. The van der Waals surface area contributed by atoms with Gasteiger partial charge in [-0.1, -0.05) is 18.2 Å². The molecule has 2 aromatic carbocycles. The van der Waals surface area contributed by atoms with E-state index in [2.05, 4.69) is 16.7 Å². The minimum atomic E-state index is 0.591. The molecule has 0 saturated heterocycles. The molecule has 102 valence electrons. The Hall–Kier alpha value is -2.07. The van der Waals surface area contributed by atoms with E-state index >= 15 is 0 Å². The highest BCUT2D eigenvalue weighted by atomic mass is 32.1. The third-order valence-corrected chi connectivity index (χ3v) is 3.40. The van der Waals surface area contributed by atoms with Crippen LogP contribution in [0.4, 0.5) is 11.4 Å². The summed E-state index contributed by atoms with van der Waals surface area (Å²) in [6.07, 6.45) is 2.13. The van der Waals surface area contributed by atoms with Gasteiger partial charge in [0.2, 0.25) is 0 Å². The lowest BCUT2D eigenvalue weighted by Gasteiger charge is -2.18. The number of fused-ring (bicyclic) bond motifs is 1. The minimum absolute atomic E-state index is 0.591. The number of hydrogen-bond donors (Lipinski definition) is 2. The maximum atomic E-state index is 5.60. The first-order chi connectivity index (χ1) is 9.81. The fourth-order valence-corrected chi connectivity index (χ4v) is 2.49. The van der Waals surface area contributed by atoms with E-state index in [-0.39, 0.29) is 0 Å². The van der Waals surface area contributed by atoms with Gasteiger partial charge in [0.1, 0.15) is 5.75 Å².